The predicted molar refractivity (Wildman–Crippen MR) is 204 cm³/mol. The first-order valence-electron chi connectivity index (χ1n) is 19.5. The molecule has 5 aromatic heterocycles. The van der Waals surface area contributed by atoms with Crippen LogP contribution < -0.4 is 4.74 Å². The summed E-state index contributed by atoms with van der Waals surface area (Å²) in [5.41, 5.74) is 7.05. The molecule has 0 aliphatic rings. The molecule has 51 heavy (non-hydrogen) atoms. The van der Waals surface area contributed by atoms with Crippen molar-refractivity contribution in [2.24, 2.45) is 6.98 Å². The summed E-state index contributed by atoms with van der Waals surface area (Å²) >= 11 is 2.01. The van der Waals surface area contributed by atoms with Crippen molar-refractivity contribution in [3.8, 4) is 23.0 Å². The van der Waals surface area contributed by atoms with Crippen molar-refractivity contribution in [1.29, 1.82) is 0 Å². The molecular weight excluding hydrogens is 810 g/mol. The third-order valence-electron chi connectivity index (χ3n) is 10.1. The van der Waals surface area contributed by atoms with Crippen LogP contribution in [0.25, 0.3) is 82.4 Å². The number of aryl methyl sites for hydroxylation is 2. The average molecular weight is 845 g/mol. The van der Waals surface area contributed by atoms with Crippen molar-refractivity contribution in [3.05, 3.63) is 149 Å². The molecular formula is C44H29N5OPt. The van der Waals surface area contributed by atoms with Crippen molar-refractivity contribution in [2.75, 3.05) is 0 Å². The number of para-hydroxylation sites is 4. The third-order valence-corrected chi connectivity index (χ3v) is 11.1. The maximum Gasteiger partial charge on any atom is 0.0620 e. The zero-order chi connectivity index (χ0) is 39.0. The van der Waals surface area contributed by atoms with E-state index < -0.39 is 13.8 Å². The van der Waals surface area contributed by atoms with Crippen LogP contribution in [0.4, 0.5) is 0 Å². The topological polar surface area (TPSA) is 41.3 Å². The second kappa shape index (κ2) is 10.5. The molecule has 11 rings (SSSR count). The van der Waals surface area contributed by atoms with E-state index in [-0.39, 0.29) is 11.3 Å². The fourth-order valence-corrected chi connectivity index (χ4v) is 8.78. The van der Waals surface area contributed by atoms with Crippen molar-refractivity contribution in [3.63, 3.8) is 0 Å². The van der Waals surface area contributed by atoms with E-state index in [1.165, 1.54) is 32.3 Å². The molecule has 0 atom stereocenters. The standard InChI is InChI=1S/C44H29N5O.Pt/c1-27-17-18-28(47-26-46(2)37-14-5-6-15-38(37)47)22-42(27)50-29-19-20-31-34-24-35-33-12-9-11-32-30-10-3-4-13-36(30)49(44(32)33)41(35)25-40(34)48(39(31)23-29)43-16-7-8-21-45-43;/h3-25H,1-2H3;/i1D3,2D3;. The van der Waals surface area contributed by atoms with Gasteiger partial charge in [0.15, 0.2) is 0 Å². The van der Waals surface area contributed by atoms with Crippen LogP contribution in [-0.4, -0.2) is 23.1 Å². The molecule has 0 aliphatic carbocycles. The Morgan fingerprint density at radius 3 is 2.18 bits per heavy atom. The first-order chi connectivity index (χ1) is 27.5. The van der Waals surface area contributed by atoms with Gasteiger partial charge in [0.2, 0.25) is 0 Å². The summed E-state index contributed by atoms with van der Waals surface area (Å²) in [7, 11) is 0. The quantitative estimate of drug-likeness (QED) is 0.177. The maximum absolute atomic E-state index is 8.41. The van der Waals surface area contributed by atoms with Gasteiger partial charge in [0.05, 0.1) is 16.6 Å². The van der Waals surface area contributed by atoms with Gasteiger partial charge in [0.1, 0.15) is 0 Å². The molecule has 5 heterocycles. The summed E-state index contributed by atoms with van der Waals surface area (Å²) in [5, 5.41) is 6.82. The molecule has 0 saturated carbocycles. The Hall–Kier alpha value is -5.97. The number of imidazole rings is 1. The molecule has 7 heteroatoms. The Morgan fingerprint density at radius 2 is 1.33 bits per heavy atom. The van der Waals surface area contributed by atoms with Gasteiger partial charge in [-0.05, 0) is 12.1 Å². The van der Waals surface area contributed by atoms with Crippen molar-refractivity contribution in [2.45, 2.75) is 6.85 Å². The minimum Gasteiger partial charge on any atom is 0.0620 e. The van der Waals surface area contributed by atoms with Gasteiger partial charge < -0.3 is 4.40 Å². The molecule has 0 radical (unpaired) electrons. The molecule has 6 aromatic carbocycles. The number of fused-ring (bicyclic) bond motifs is 10. The number of ether oxygens (including phenoxy) is 1. The number of pyridine rings is 1. The summed E-state index contributed by atoms with van der Waals surface area (Å²) in [5.74, 6) is 1.31. The van der Waals surface area contributed by atoms with Crippen LogP contribution in [0.3, 0.4) is 0 Å². The Balaban J connectivity index is 1.13. The van der Waals surface area contributed by atoms with E-state index in [9.17, 15) is 0 Å². The summed E-state index contributed by atoms with van der Waals surface area (Å²) in [6.45, 7) is -4.93. The minimum atomic E-state index is -2.49. The number of rotatable bonds is 4. The molecule has 0 saturated heterocycles. The molecule has 0 aliphatic heterocycles. The molecule has 246 valence electrons. The first-order valence-corrected chi connectivity index (χ1v) is 17.7. The maximum atomic E-state index is 8.41. The summed E-state index contributed by atoms with van der Waals surface area (Å²) in [4.78, 5) is 4.79. The Bertz CT molecular complexity index is 3500. The van der Waals surface area contributed by atoms with Gasteiger partial charge >= 0.3 is 209 Å². The second-order valence-electron chi connectivity index (χ2n) is 12.8. The van der Waals surface area contributed by atoms with Crippen molar-refractivity contribution < 1.29 is 32.3 Å². The van der Waals surface area contributed by atoms with E-state index in [1.54, 1.807) is 35.0 Å². The van der Waals surface area contributed by atoms with Crippen LogP contribution in [0.15, 0.2) is 140 Å². The van der Waals surface area contributed by atoms with Gasteiger partial charge in [-0.1, -0.05) is 42.5 Å². The molecule has 0 unspecified atom stereocenters. The van der Waals surface area contributed by atoms with Gasteiger partial charge in [-0.2, -0.15) is 0 Å². The van der Waals surface area contributed by atoms with E-state index in [0.717, 1.165) is 44.0 Å². The van der Waals surface area contributed by atoms with Crippen LogP contribution in [0.5, 0.6) is 11.5 Å². The molecule has 0 N–H and O–H groups in total. The van der Waals surface area contributed by atoms with E-state index >= 15 is 0 Å². The number of hydrogen-bond acceptors (Lipinski definition) is 2. The number of nitrogens with zero attached hydrogens (tertiary/aromatic N) is 5. The Kier molecular flexibility index (Phi) is 4.83. The van der Waals surface area contributed by atoms with E-state index in [1.807, 2.05) is 67.9 Å². The third kappa shape index (κ3) is 3.97. The second-order valence-corrected chi connectivity index (χ2v) is 13.8. The van der Waals surface area contributed by atoms with Gasteiger partial charge in [0.25, 0.3) is 0 Å². The van der Waals surface area contributed by atoms with Gasteiger partial charge in [-0.15, -0.1) is 0 Å². The Labute approximate surface area is 311 Å². The molecule has 6 nitrogen and oxygen atoms in total. The van der Waals surface area contributed by atoms with Crippen LogP contribution in [0, 0.1) is 10.7 Å². The van der Waals surface area contributed by atoms with E-state index in [2.05, 4.69) is 63.6 Å². The summed E-state index contributed by atoms with van der Waals surface area (Å²) in [6, 6.07) is 43.3. The van der Waals surface area contributed by atoms with Crippen LogP contribution >= 0.6 is 0 Å². The summed E-state index contributed by atoms with van der Waals surface area (Å²) in [6.07, 6.45) is 1.77. The molecule has 0 amide bonds. The van der Waals surface area contributed by atoms with Crippen LogP contribution in [-0.2, 0) is 26.3 Å². The SMILES string of the molecule is [2H]C([2H])([2H])c1ccc(-n2[c](=[Pt])n(C([2H])([2H])[2H])c3ccccc32)cc1Oc1ccc2c3cc4c5cccc6c7ccccc7n(c4cc3n(-c3ccccn3)c2c1)c65. The smallest absolute Gasteiger partial charge is 0.0620 e. The zero-order valence-electron chi connectivity index (χ0n) is 32.7. The zero-order valence-corrected chi connectivity index (χ0v) is 29.0. The van der Waals surface area contributed by atoms with Gasteiger partial charge in [-0.3, -0.25) is 0 Å². The molecule has 11 aromatic rings. The number of hydrogen-bond donors (Lipinski definition) is 0. The fraction of sp³-hybridized carbons (Fsp3) is 0.0455. The minimum absolute atomic E-state index is 0.0346. The van der Waals surface area contributed by atoms with Crippen LogP contribution in [0.1, 0.15) is 13.8 Å². The number of benzene rings is 6. The van der Waals surface area contributed by atoms with Gasteiger partial charge in [-0.25, -0.2) is 0 Å². The average Bonchev–Trinajstić information content (AvgIpc) is 3.90. The largest absolute Gasteiger partial charge is 0.0620 e. The molecule has 0 bridgehead atoms. The normalized spacial score (nSPS) is 14.5. The van der Waals surface area contributed by atoms with E-state index in [0.29, 0.717) is 26.3 Å². The predicted octanol–water partition coefficient (Wildman–Crippen LogP) is 10.8. The molecule has 0 fully saturated rings. The number of aromatic nitrogens is 5. The van der Waals surface area contributed by atoms with Crippen LogP contribution in [0.2, 0.25) is 0 Å². The van der Waals surface area contributed by atoms with Gasteiger partial charge in [0, 0.05) is 27.7 Å². The Morgan fingerprint density at radius 1 is 0.588 bits per heavy atom. The fourth-order valence-electron chi connectivity index (χ4n) is 7.94. The monoisotopic (exact) mass is 844 g/mol. The first kappa shape index (κ1) is 23.4. The molecule has 0 spiro atoms. The van der Waals surface area contributed by atoms with E-state index in [4.69, 9.17) is 17.9 Å². The summed E-state index contributed by atoms with van der Waals surface area (Å²) < 4.78 is 64.6. The van der Waals surface area contributed by atoms with Crippen molar-refractivity contribution in [1.82, 2.24) is 23.1 Å². The van der Waals surface area contributed by atoms with Crippen molar-refractivity contribution >= 4 is 70.9 Å².